The van der Waals surface area contributed by atoms with Gasteiger partial charge in [0.05, 0.1) is 12.1 Å². The van der Waals surface area contributed by atoms with Crippen LogP contribution in [0.2, 0.25) is 0 Å². The van der Waals surface area contributed by atoms with Crippen molar-refractivity contribution in [3.05, 3.63) is 24.4 Å². The molecule has 0 spiro atoms. The van der Waals surface area contributed by atoms with E-state index in [9.17, 15) is 18.4 Å². The number of cyclic esters (lactones) is 1. The third-order valence-corrected chi connectivity index (χ3v) is 4.83. The van der Waals surface area contributed by atoms with Gasteiger partial charge in [0.15, 0.2) is 5.82 Å². The van der Waals surface area contributed by atoms with E-state index in [-0.39, 0.29) is 12.4 Å². The van der Waals surface area contributed by atoms with Crippen LogP contribution in [-0.2, 0) is 16.1 Å². The number of amides is 2. The molecular weight excluding hydrogens is 388 g/mol. The Kier molecular flexibility index (Phi) is 4.73. The zero-order valence-electron chi connectivity index (χ0n) is 15.5. The van der Waals surface area contributed by atoms with E-state index < -0.39 is 30.5 Å². The Morgan fingerprint density at radius 1 is 1.38 bits per heavy atom. The second-order valence-corrected chi connectivity index (χ2v) is 6.79. The highest BCUT2D eigenvalue weighted by Crippen LogP contribution is 2.36. The number of halogens is 2. The van der Waals surface area contributed by atoms with Crippen molar-refractivity contribution in [3.63, 3.8) is 0 Å². The number of carbonyl (C=O) groups is 2. The molecule has 3 heterocycles. The molecule has 154 valence electrons. The molecule has 0 bridgehead atoms. The average Bonchev–Trinajstić information content (AvgIpc) is 3.21. The summed E-state index contributed by atoms with van der Waals surface area (Å²) < 4.78 is 38.8. The van der Waals surface area contributed by atoms with Gasteiger partial charge in [-0.1, -0.05) is 0 Å². The molecule has 11 heteroatoms. The first-order chi connectivity index (χ1) is 13.8. The number of ether oxygens (including phenoxy) is 2. The van der Waals surface area contributed by atoms with Gasteiger partial charge in [-0.25, -0.2) is 23.5 Å². The summed E-state index contributed by atoms with van der Waals surface area (Å²) in [7, 11) is 0. The van der Waals surface area contributed by atoms with Gasteiger partial charge in [-0.05, 0) is 19.1 Å². The van der Waals surface area contributed by atoms with Gasteiger partial charge in [-0.2, -0.15) is 0 Å². The number of nitrogens with one attached hydrogen (secondary N) is 1. The average molecular weight is 407 g/mol. The lowest BCUT2D eigenvalue weighted by atomic mass is 10.1. The summed E-state index contributed by atoms with van der Waals surface area (Å²) in [5.74, 6) is 0.601. The third-order valence-electron chi connectivity index (χ3n) is 4.83. The minimum Gasteiger partial charge on any atom is -0.491 e. The van der Waals surface area contributed by atoms with Crippen molar-refractivity contribution in [2.24, 2.45) is 5.73 Å². The number of nitrogens with zero attached hydrogens (tertiary/aromatic N) is 3. The van der Waals surface area contributed by atoms with Crippen LogP contribution in [0.4, 0.5) is 25.1 Å². The van der Waals surface area contributed by atoms with E-state index in [4.69, 9.17) is 15.2 Å². The lowest BCUT2D eigenvalue weighted by Crippen LogP contribution is -2.38. The van der Waals surface area contributed by atoms with Crippen molar-refractivity contribution >= 4 is 23.5 Å². The number of imidazole rings is 1. The molecule has 9 nitrogen and oxygen atoms in total. The zero-order valence-corrected chi connectivity index (χ0v) is 15.5. The van der Waals surface area contributed by atoms with Gasteiger partial charge >= 0.3 is 6.09 Å². The number of benzene rings is 1. The van der Waals surface area contributed by atoms with E-state index in [0.29, 0.717) is 36.0 Å². The standard InChI is InChI=1S/C18H19F2N5O4/c1-9(16(21)26)22-10-2-3-11-13(6-10)28-5-4-24-7-14(23-17(11)24)25-12(15(19)20)8-29-18(25)27/h2-3,6-7,9,12,15,22H,4-5,8H2,1H3,(H2,21,26)/t9?,12-/m0/s1. The maximum Gasteiger partial charge on any atom is 0.416 e. The monoisotopic (exact) mass is 407 g/mol. The first-order valence-electron chi connectivity index (χ1n) is 8.99. The Bertz CT molecular complexity index is 964. The smallest absolute Gasteiger partial charge is 0.416 e. The van der Waals surface area contributed by atoms with Gasteiger partial charge in [-0.3, -0.25) is 4.79 Å². The summed E-state index contributed by atoms with van der Waals surface area (Å²) in [6.07, 6.45) is -2.06. The quantitative estimate of drug-likeness (QED) is 0.782. The number of aromatic nitrogens is 2. The number of hydrogen-bond donors (Lipinski definition) is 2. The Morgan fingerprint density at radius 3 is 2.90 bits per heavy atom. The van der Waals surface area contributed by atoms with E-state index in [2.05, 4.69) is 10.3 Å². The van der Waals surface area contributed by atoms with Gasteiger partial charge in [0, 0.05) is 18.0 Å². The number of rotatable bonds is 5. The number of alkyl halides is 2. The number of nitrogens with two attached hydrogens (primary N) is 1. The van der Waals surface area contributed by atoms with E-state index in [1.54, 1.807) is 29.7 Å². The molecule has 2 atom stereocenters. The van der Waals surface area contributed by atoms with Gasteiger partial charge in [0.1, 0.15) is 36.9 Å². The minimum atomic E-state index is -2.75. The highest BCUT2D eigenvalue weighted by Gasteiger charge is 2.42. The number of hydrogen-bond acceptors (Lipinski definition) is 6. The van der Waals surface area contributed by atoms with Crippen molar-refractivity contribution in [2.75, 3.05) is 23.4 Å². The number of primary amides is 1. The van der Waals surface area contributed by atoms with Crippen LogP contribution in [0.15, 0.2) is 24.4 Å². The molecule has 2 aromatic rings. The van der Waals surface area contributed by atoms with Crippen LogP contribution in [0.5, 0.6) is 5.75 Å². The molecule has 4 rings (SSSR count). The van der Waals surface area contributed by atoms with Gasteiger partial charge in [0.2, 0.25) is 5.91 Å². The maximum atomic E-state index is 13.3. The van der Waals surface area contributed by atoms with Crippen LogP contribution in [-0.4, -0.2) is 53.3 Å². The molecule has 1 unspecified atom stereocenters. The SMILES string of the molecule is CC(Nc1ccc2c(c1)OCCn1cc(N3C(=O)OC[C@H]3C(F)F)nc1-2)C(N)=O. The first kappa shape index (κ1) is 19.0. The second-order valence-electron chi connectivity index (χ2n) is 6.79. The molecule has 0 saturated carbocycles. The van der Waals surface area contributed by atoms with Crippen molar-refractivity contribution in [1.29, 1.82) is 0 Å². The molecule has 1 saturated heterocycles. The Balaban J connectivity index is 1.68. The van der Waals surface area contributed by atoms with Crippen molar-refractivity contribution < 1.29 is 27.8 Å². The Labute approximate surface area is 164 Å². The van der Waals surface area contributed by atoms with Crippen LogP contribution < -0.4 is 20.7 Å². The van der Waals surface area contributed by atoms with E-state index in [1.807, 2.05) is 0 Å². The summed E-state index contributed by atoms with van der Waals surface area (Å²) in [5, 5.41) is 2.98. The fraction of sp³-hybridized carbons (Fsp3) is 0.389. The van der Waals surface area contributed by atoms with Gasteiger partial charge in [-0.15, -0.1) is 0 Å². The second kappa shape index (κ2) is 7.22. The summed E-state index contributed by atoms with van der Waals surface area (Å²) in [4.78, 5) is 28.5. The summed E-state index contributed by atoms with van der Waals surface area (Å²) in [6, 6.07) is 3.24. The van der Waals surface area contributed by atoms with Crippen molar-refractivity contribution in [1.82, 2.24) is 9.55 Å². The largest absolute Gasteiger partial charge is 0.491 e. The van der Waals surface area contributed by atoms with Crippen LogP contribution in [0, 0.1) is 0 Å². The van der Waals surface area contributed by atoms with E-state index in [0.717, 1.165) is 4.90 Å². The molecule has 29 heavy (non-hydrogen) atoms. The predicted molar refractivity (Wildman–Crippen MR) is 99.1 cm³/mol. The van der Waals surface area contributed by atoms with Crippen LogP contribution in [0.3, 0.4) is 0 Å². The van der Waals surface area contributed by atoms with Crippen LogP contribution in [0.25, 0.3) is 11.4 Å². The highest BCUT2D eigenvalue weighted by molar-refractivity contribution is 5.90. The third kappa shape index (κ3) is 3.43. The van der Waals surface area contributed by atoms with Gasteiger partial charge < -0.3 is 25.1 Å². The topological polar surface area (TPSA) is 112 Å². The maximum absolute atomic E-state index is 13.3. The first-order valence-corrected chi connectivity index (χ1v) is 8.99. The molecular formula is C18H19F2N5O4. The van der Waals surface area contributed by atoms with Crippen LogP contribution >= 0.6 is 0 Å². The molecule has 1 fully saturated rings. The molecule has 0 aliphatic carbocycles. The van der Waals surface area contributed by atoms with Crippen molar-refractivity contribution in [3.8, 4) is 17.1 Å². The van der Waals surface area contributed by atoms with E-state index in [1.165, 1.54) is 6.20 Å². The molecule has 1 aromatic heterocycles. The lowest BCUT2D eigenvalue weighted by molar-refractivity contribution is -0.118. The predicted octanol–water partition coefficient (Wildman–Crippen LogP) is 1.82. The molecule has 3 N–H and O–H groups in total. The molecule has 1 aromatic carbocycles. The van der Waals surface area contributed by atoms with E-state index >= 15 is 0 Å². The summed E-state index contributed by atoms with van der Waals surface area (Å²) >= 11 is 0. The van der Waals surface area contributed by atoms with Crippen LogP contribution in [0.1, 0.15) is 6.92 Å². The fourth-order valence-electron chi connectivity index (χ4n) is 3.28. The Morgan fingerprint density at radius 2 is 2.17 bits per heavy atom. The summed E-state index contributed by atoms with van der Waals surface area (Å²) in [6.45, 7) is 1.99. The molecule has 0 radical (unpaired) electrons. The van der Waals surface area contributed by atoms with Gasteiger partial charge in [0.25, 0.3) is 6.43 Å². The normalized spacial score (nSPS) is 19.1. The Hall–Kier alpha value is -3.37. The molecule has 2 amide bonds. The number of fused-ring (bicyclic) bond motifs is 3. The minimum absolute atomic E-state index is 0.102. The molecule has 2 aliphatic heterocycles. The van der Waals surface area contributed by atoms with Crippen molar-refractivity contribution in [2.45, 2.75) is 32.0 Å². The summed E-state index contributed by atoms with van der Waals surface area (Å²) in [5.41, 5.74) is 6.54. The fourth-order valence-corrected chi connectivity index (χ4v) is 3.28. The lowest BCUT2D eigenvalue weighted by Gasteiger charge is -2.17. The number of carbonyl (C=O) groups excluding carboxylic acids is 2. The molecule has 2 aliphatic rings. The zero-order chi connectivity index (χ0) is 20.7. The highest BCUT2D eigenvalue weighted by atomic mass is 19.3. The number of anilines is 2.